The lowest BCUT2D eigenvalue weighted by Crippen LogP contribution is -2.48. The number of β-amino-alcohol motifs (C(OH)–C–C–N with tert-alkyl or cyclic N) is 1. The van der Waals surface area contributed by atoms with Crippen LogP contribution in [0.3, 0.4) is 0 Å². The van der Waals surface area contributed by atoms with Crippen LogP contribution in [0.25, 0.3) is 0 Å². The SMILES string of the molecule is CN1CCN(c2ncnc(N3CCN(CCO)CC3)c2N)CC1. The molecule has 2 fully saturated rings. The third kappa shape index (κ3) is 3.65. The van der Waals surface area contributed by atoms with Gasteiger partial charge in [0.2, 0.25) is 0 Å². The van der Waals surface area contributed by atoms with Crippen LogP contribution in [0, 0.1) is 0 Å². The van der Waals surface area contributed by atoms with Gasteiger partial charge in [-0.25, -0.2) is 9.97 Å². The van der Waals surface area contributed by atoms with Crippen molar-refractivity contribution in [3.05, 3.63) is 6.33 Å². The van der Waals surface area contributed by atoms with Crippen molar-refractivity contribution >= 4 is 17.3 Å². The highest BCUT2D eigenvalue weighted by atomic mass is 16.3. The Morgan fingerprint density at radius 2 is 1.48 bits per heavy atom. The van der Waals surface area contributed by atoms with Gasteiger partial charge in [0.05, 0.1) is 6.61 Å². The van der Waals surface area contributed by atoms with Crippen molar-refractivity contribution in [1.29, 1.82) is 0 Å². The smallest absolute Gasteiger partial charge is 0.157 e. The quantitative estimate of drug-likeness (QED) is 0.725. The van der Waals surface area contributed by atoms with Crippen LogP contribution in [0.15, 0.2) is 6.33 Å². The second-order valence-corrected chi connectivity index (χ2v) is 6.28. The number of aromatic nitrogens is 2. The zero-order valence-corrected chi connectivity index (χ0v) is 13.9. The Bertz CT molecular complexity index is 511. The first-order valence-corrected chi connectivity index (χ1v) is 8.31. The summed E-state index contributed by atoms with van der Waals surface area (Å²) in [5, 5.41) is 9.04. The largest absolute Gasteiger partial charge is 0.395 e. The molecule has 2 aliphatic rings. The maximum absolute atomic E-state index is 9.04. The number of anilines is 3. The summed E-state index contributed by atoms with van der Waals surface area (Å²) in [4.78, 5) is 17.9. The fourth-order valence-electron chi connectivity index (χ4n) is 3.22. The minimum Gasteiger partial charge on any atom is -0.395 e. The lowest BCUT2D eigenvalue weighted by atomic mass is 10.2. The molecule has 1 aromatic heterocycles. The Morgan fingerprint density at radius 1 is 0.957 bits per heavy atom. The molecule has 0 saturated carbocycles. The van der Waals surface area contributed by atoms with Crippen molar-refractivity contribution < 1.29 is 5.11 Å². The number of aliphatic hydroxyl groups is 1. The fourth-order valence-corrected chi connectivity index (χ4v) is 3.22. The Balaban J connectivity index is 1.70. The second-order valence-electron chi connectivity index (χ2n) is 6.28. The molecule has 0 atom stereocenters. The van der Waals surface area contributed by atoms with Gasteiger partial charge in [0.15, 0.2) is 11.6 Å². The predicted octanol–water partition coefficient (Wildman–Crippen LogP) is -1.08. The van der Waals surface area contributed by atoms with Crippen molar-refractivity contribution in [3.63, 3.8) is 0 Å². The number of rotatable bonds is 4. The van der Waals surface area contributed by atoms with Gasteiger partial charge in [0.1, 0.15) is 12.0 Å². The highest BCUT2D eigenvalue weighted by Crippen LogP contribution is 2.29. The molecule has 3 heterocycles. The van der Waals surface area contributed by atoms with Gasteiger partial charge in [-0.3, -0.25) is 4.90 Å². The van der Waals surface area contributed by atoms with Crippen molar-refractivity contribution in [2.45, 2.75) is 0 Å². The highest BCUT2D eigenvalue weighted by Gasteiger charge is 2.24. The topological polar surface area (TPSA) is 85.0 Å². The minimum absolute atomic E-state index is 0.212. The molecule has 23 heavy (non-hydrogen) atoms. The molecule has 0 spiro atoms. The second kappa shape index (κ2) is 7.29. The molecule has 1 aromatic rings. The zero-order chi connectivity index (χ0) is 16.2. The lowest BCUT2D eigenvalue weighted by Gasteiger charge is -2.37. The minimum atomic E-state index is 0.212. The van der Waals surface area contributed by atoms with E-state index in [4.69, 9.17) is 10.8 Å². The maximum atomic E-state index is 9.04. The Labute approximate surface area is 137 Å². The number of nitrogen functional groups attached to an aromatic ring is 1. The van der Waals surface area contributed by atoms with Gasteiger partial charge in [-0.2, -0.15) is 0 Å². The zero-order valence-electron chi connectivity index (χ0n) is 13.9. The van der Waals surface area contributed by atoms with Crippen molar-refractivity contribution in [2.24, 2.45) is 0 Å². The lowest BCUT2D eigenvalue weighted by molar-refractivity contribution is 0.188. The fraction of sp³-hybridized carbons (Fsp3) is 0.733. The van der Waals surface area contributed by atoms with E-state index in [1.165, 1.54) is 0 Å². The molecule has 3 rings (SSSR count). The van der Waals surface area contributed by atoms with Gasteiger partial charge in [0.25, 0.3) is 0 Å². The summed E-state index contributed by atoms with van der Waals surface area (Å²) in [6.07, 6.45) is 1.62. The van der Waals surface area contributed by atoms with Crippen LogP contribution in [0.2, 0.25) is 0 Å². The van der Waals surface area contributed by atoms with E-state index < -0.39 is 0 Å². The number of nitrogens with zero attached hydrogens (tertiary/aromatic N) is 6. The molecule has 3 N–H and O–H groups in total. The molecule has 8 nitrogen and oxygen atoms in total. The highest BCUT2D eigenvalue weighted by molar-refractivity contribution is 5.76. The third-order valence-corrected chi connectivity index (χ3v) is 4.73. The number of hydrogen-bond acceptors (Lipinski definition) is 8. The molecule has 0 amide bonds. The van der Waals surface area contributed by atoms with Crippen LogP contribution in [-0.2, 0) is 0 Å². The molecule has 0 aliphatic carbocycles. The molecule has 0 unspecified atom stereocenters. The first kappa shape index (κ1) is 16.2. The third-order valence-electron chi connectivity index (χ3n) is 4.73. The molecule has 2 saturated heterocycles. The van der Waals surface area contributed by atoms with Gasteiger partial charge in [-0.05, 0) is 7.05 Å². The summed E-state index contributed by atoms with van der Waals surface area (Å²) >= 11 is 0. The van der Waals surface area contributed by atoms with E-state index in [1.54, 1.807) is 6.33 Å². The Morgan fingerprint density at radius 3 is 2.00 bits per heavy atom. The molecular weight excluding hydrogens is 294 g/mol. The van der Waals surface area contributed by atoms with Crippen LogP contribution < -0.4 is 15.5 Å². The molecule has 0 radical (unpaired) electrons. The summed E-state index contributed by atoms with van der Waals surface area (Å²) in [6, 6.07) is 0. The first-order chi connectivity index (χ1) is 11.2. The van der Waals surface area contributed by atoms with Gasteiger partial charge in [-0.15, -0.1) is 0 Å². The van der Waals surface area contributed by atoms with Gasteiger partial charge < -0.3 is 25.5 Å². The van der Waals surface area contributed by atoms with Crippen LogP contribution in [-0.4, -0.2) is 97.4 Å². The summed E-state index contributed by atoms with van der Waals surface area (Å²) < 4.78 is 0. The first-order valence-electron chi connectivity index (χ1n) is 8.31. The maximum Gasteiger partial charge on any atom is 0.157 e. The van der Waals surface area contributed by atoms with Crippen molar-refractivity contribution in [2.75, 3.05) is 88.1 Å². The molecule has 8 heteroatoms. The summed E-state index contributed by atoms with van der Waals surface area (Å²) in [5.74, 6) is 1.71. The van der Waals surface area contributed by atoms with Gasteiger partial charge in [-0.1, -0.05) is 0 Å². The monoisotopic (exact) mass is 321 g/mol. The number of hydrogen-bond donors (Lipinski definition) is 2. The van der Waals surface area contributed by atoms with Crippen LogP contribution in [0.1, 0.15) is 0 Å². The molecule has 0 aromatic carbocycles. The summed E-state index contributed by atoms with van der Waals surface area (Å²) in [7, 11) is 2.14. The van der Waals surface area contributed by atoms with E-state index in [1.807, 2.05) is 0 Å². The molecule has 0 bridgehead atoms. The van der Waals surface area contributed by atoms with E-state index >= 15 is 0 Å². The molecule has 128 valence electrons. The van der Waals surface area contributed by atoms with E-state index in [0.29, 0.717) is 5.69 Å². The number of aliphatic hydroxyl groups excluding tert-OH is 1. The van der Waals surface area contributed by atoms with Crippen molar-refractivity contribution in [3.8, 4) is 0 Å². The van der Waals surface area contributed by atoms with Crippen LogP contribution in [0.4, 0.5) is 17.3 Å². The Kier molecular flexibility index (Phi) is 5.14. The Hall–Kier alpha value is -1.64. The summed E-state index contributed by atoms with van der Waals surface area (Å²) in [6.45, 7) is 8.50. The van der Waals surface area contributed by atoms with E-state index in [9.17, 15) is 0 Å². The molecule has 2 aliphatic heterocycles. The summed E-state index contributed by atoms with van der Waals surface area (Å²) in [5.41, 5.74) is 7.09. The normalized spacial score (nSPS) is 21.0. The van der Waals surface area contributed by atoms with Gasteiger partial charge in [0, 0.05) is 58.9 Å². The predicted molar refractivity (Wildman–Crippen MR) is 91.9 cm³/mol. The average molecular weight is 321 g/mol. The van der Waals surface area contributed by atoms with E-state index in [-0.39, 0.29) is 6.61 Å². The van der Waals surface area contributed by atoms with Gasteiger partial charge >= 0.3 is 0 Å². The average Bonchev–Trinajstić information content (AvgIpc) is 2.57. The standard InChI is InChI=1S/C15H27N7O/c1-19-2-6-21(7-3-19)14-13(16)15(18-12-17-14)22-8-4-20(5-9-22)10-11-23/h12,23H,2-11,16H2,1H3. The van der Waals surface area contributed by atoms with E-state index in [2.05, 4.69) is 36.6 Å². The van der Waals surface area contributed by atoms with Crippen molar-refractivity contribution in [1.82, 2.24) is 19.8 Å². The van der Waals surface area contributed by atoms with E-state index in [0.717, 1.165) is 70.5 Å². The molecular formula is C15H27N7O. The number of nitrogens with two attached hydrogens (primary N) is 1. The number of piperazine rings is 2. The van der Waals surface area contributed by atoms with Crippen LogP contribution in [0.5, 0.6) is 0 Å². The number of likely N-dealkylation sites (N-methyl/N-ethyl adjacent to an activating group) is 1. The van der Waals surface area contributed by atoms with Crippen LogP contribution >= 0.6 is 0 Å².